The monoisotopic (exact) mass is 402 g/mol. The maximum absolute atomic E-state index is 12.4. The molecule has 2 N–H and O–H groups in total. The van der Waals surface area contributed by atoms with Gasteiger partial charge in [-0.05, 0) is 41.6 Å². The number of carbonyl (C=O) groups excluding carboxylic acids is 2. The molecular weight excluding hydrogens is 376 g/mol. The Bertz CT molecular complexity index is 789. The minimum Gasteiger partial charge on any atom is -0.495 e. The molecule has 28 heavy (non-hydrogen) atoms. The number of thiophene rings is 1. The summed E-state index contributed by atoms with van der Waals surface area (Å²) in [5.41, 5.74) is 1.64. The van der Waals surface area contributed by atoms with E-state index in [9.17, 15) is 9.59 Å². The van der Waals surface area contributed by atoms with Gasteiger partial charge in [-0.25, -0.2) is 0 Å². The minimum absolute atomic E-state index is 0.0583. The molecular formula is C20H26N4O3S. The number of para-hydroxylation sites is 2. The molecule has 1 aromatic heterocycles. The van der Waals surface area contributed by atoms with Gasteiger partial charge in [-0.2, -0.15) is 11.3 Å². The third kappa shape index (κ3) is 5.09. The van der Waals surface area contributed by atoms with Gasteiger partial charge in [-0.3, -0.25) is 14.5 Å². The molecule has 1 fully saturated rings. The normalized spacial score (nSPS) is 16.4. The second-order valence-electron chi connectivity index (χ2n) is 6.78. The average Bonchev–Trinajstić information content (AvgIpc) is 3.24. The summed E-state index contributed by atoms with van der Waals surface area (Å²) in [4.78, 5) is 29.3. The van der Waals surface area contributed by atoms with Crippen molar-refractivity contribution < 1.29 is 14.3 Å². The third-order valence-electron chi connectivity index (χ3n) is 4.92. The number of rotatable bonds is 6. The first-order chi connectivity index (χ1) is 13.6. The van der Waals surface area contributed by atoms with Gasteiger partial charge in [0.05, 0.1) is 18.8 Å². The van der Waals surface area contributed by atoms with Crippen LogP contribution in [-0.2, 0) is 9.59 Å². The van der Waals surface area contributed by atoms with Crippen LogP contribution in [0.4, 0.5) is 5.69 Å². The van der Waals surface area contributed by atoms with Crippen molar-refractivity contribution in [3.8, 4) is 5.75 Å². The van der Waals surface area contributed by atoms with Crippen LogP contribution in [0.5, 0.6) is 5.75 Å². The topological polar surface area (TPSA) is 73.9 Å². The second-order valence-corrected chi connectivity index (χ2v) is 7.56. The zero-order valence-corrected chi connectivity index (χ0v) is 17.0. The maximum atomic E-state index is 12.4. The van der Waals surface area contributed by atoms with Crippen molar-refractivity contribution in [2.45, 2.75) is 6.04 Å². The van der Waals surface area contributed by atoms with E-state index in [1.165, 1.54) is 12.7 Å². The number of hydrogen-bond donors (Lipinski definition) is 2. The van der Waals surface area contributed by atoms with E-state index in [2.05, 4.69) is 38.9 Å². The van der Waals surface area contributed by atoms with Crippen LogP contribution in [0.1, 0.15) is 11.6 Å². The van der Waals surface area contributed by atoms with Crippen molar-refractivity contribution in [1.82, 2.24) is 15.1 Å². The summed E-state index contributed by atoms with van der Waals surface area (Å²) in [6.45, 7) is 4.23. The molecule has 7 nitrogen and oxygen atoms in total. The van der Waals surface area contributed by atoms with E-state index in [1.807, 2.05) is 5.38 Å². The molecule has 1 aliphatic rings. The first-order valence-corrected chi connectivity index (χ1v) is 10.2. The Kier molecular flexibility index (Phi) is 7.02. The quantitative estimate of drug-likeness (QED) is 0.721. The summed E-state index contributed by atoms with van der Waals surface area (Å²) in [5, 5.41) is 9.54. The molecule has 0 saturated carbocycles. The van der Waals surface area contributed by atoms with Gasteiger partial charge in [-0.15, -0.1) is 0 Å². The summed E-state index contributed by atoms with van der Waals surface area (Å²) in [6.07, 6.45) is 0. The number of likely N-dealkylation sites (N-methyl/N-ethyl adjacent to an activating group) is 1. The number of anilines is 1. The zero-order chi connectivity index (χ0) is 19.9. The zero-order valence-electron chi connectivity index (χ0n) is 16.2. The molecule has 0 aliphatic carbocycles. The molecule has 150 valence electrons. The van der Waals surface area contributed by atoms with Crippen molar-refractivity contribution in [2.75, 3.05) is 52.2 Å². The van der Waals surface area contributed by atoms with Crippen molar-refractivity contribution in [1.29, 1.82) is 0 Å². The van der Waals surface area contributed by atoms with Crippen LogP contribution in [0.25, 0.3) is 0 Å². The lowest BCUT2D eigenvalue weighted by Crippen LogP contribution is -2.49. The predicted octanol–water partition coefficient (Wildman–Crippen LogP) is 1.80. The van der Waals surface area contributed by atoms with Crippen LogP contribution in [0.2, 0.25) is 0 Å². The van der Waals surface area contributed by atoms with Gasteiger partial charge in [0.2, 0.25) is 0 Å². The van der Waals surface area contributed by atoms with Crippen molar-refractivity contribution in [2.24, 2.45) is 0 Å². The molecule has 1 atom stereocenters. The highest BCUT2D eigenvalue weighted by molar-refractivity contribution is 7.08. The number of ether oxygens (including phenoxy) is 1. The highest BCUT2D eigenvalue weighted by atomic mass is 32.1. The van der Waals surface area contributed by atoms with Crippen molar-refractivity contribution in [3.05, 3.63) is 46.7 Å². The van der Waals surface area contributed by atoms with Crippen molar-refractivity contribution in [3.63, 3.8) is 0 Å². The highest BCUT2D eigenvalue weighted by Gasteiger charge is 2.26. The van der Waals surface area contributed by atoms with Crippen LogP contribution in [0.15, 0.2) is 41.1 Å². The number of hydrogen-bond acceptors (Lipinski definition) is 6. The van der Waals surface area contributed by atoms with E-state index in [0.29, 0.717) is 18.0 Å². The number of carbonyl (C=O) groups is 2. The third-order valence-corrected chi connectivity index (χ3v) is 5.63. The van der Waals surface area contributed by atoms with Gasteiger partial charge < -0.3 is 20.3 Å². The Balaban J connectivity index is 1.61. The fraction of sp³-hybridized carbons (Fsp3) is 0.400. The summed E-state index contributed by atoms with van der Waals surface area (Å²) in [7, 11) is 3.63. The van der Waals surface area contributed by atoms with E-state index in [4.69, 9.17) is 4.74 Å². The van der Waals surface area contributed by atoms with Crippen LogP contribution in [-0.4, -0.2) is 68.5 Å². The first kappa shape index (κ1) is 20.3. The predicted molar refractivity (Wildman–Crippen MR) is 111 cm³/mol. The van der Waals surface area contributed by atoms with Crippen LogP contribution < -0.4 is 15.4 Å². The summed E-state index contributed by atoms with van der Waals surface area (Å²) >= 11 is 1.64. The number of nitrogens with zero attached hydrogens (tertiary/aromatic N) is 2. The molecule has 3 rings (SSSR count). The molecule has 0 spiro atoms. The summed E-state index contributed by atoms with van der Waals surface area (Å²) in [6, 6.07) is 9.14. The average molecular weight is 403 g/mol. The number of nitrogens with one attached hydrogen (secondary N) is 2. The molecule has 0 unspecified atom stereocenters. The largest absolute Gasteiger partial charge is 0.495 e. The smallest absolute Gasteiger partial charge is 0.313 e. The fourth-order valence-corrected chi connectivity index (χ4v) is 3.96. The SMILES string of the molecule is COc1ccccc1NC(=O)C(=O)NC[C@@H](c1ccsc1)N1CCN(C)CC1. The van der Waals surface area contributed by atoms with E-state index in [1.54, 1.807) is 35.6 Å². The summed E-state index contributed by atoms with van der Waals surface area (Å²) < 4.78 is 5.21. The Morgan fingerprint density at radius 1 is 1.14 bits per heavy atom. The highest BCUT2D eigenvalue weighted by Crippen LogP contribution is 2.24. The van der Waals surface area contributed by atoms with Gasteiger partial charge in [0.25, 0.3) is 0 Å². The molecule has 1 aromatic carbocycles. The first-order valence-electron chi connectivity index (χ1n) is 9.25. The van der Waals surface area contributed by atoms with E-state index < -0.39 is 11.8 Å². The summed E-state index contributed by atoms with van der Waals surface area (Å²) in [5.74, 6) is -0.843. The maximum Gasteiger partial charge on any atom is 0.313 e. The Morgan fingerprint density at radius 3 is 2.57 bits per heavy atom. The number of benzene rings is 1. The Labute approximate surface area is 169 Å². The second kappa shape index (κ2) is 9.68. The molecule has 0 radical (unpaired) electrons. The number of amides is 2. The van der Waals surface area contributed by atoms with Gasteiger partial charge in [-0.1, -0.05) is 12.1 Å². The lowest BCUT2D eigenvalue weighted by Gasteiger charge is -2.37. The van der Waals surface area contributed by atoms with Gasteiger partial charge in [0, 0.05) is 32.7 Å². The standard InChI is InChI=1S/C20H26N4O3S/c1-23-8-10-24(11-9-23)17(15-7-12-28-14-15)13-21-19(25)20(26)22-16-5-3-4-6-18(16)27-2/h3-7,12,14,17H,8-11,13H2,1-2H3,(H,21,25)(H,22,26)/t17-/m0/s1. The van der Waals surface area contributed by atoms with Gasteiger partial charge in [0.1, 0.15) is 5.75 Å². The fourth-order valence-electron chi connectivity index (χ4n) is 3.25. The minimum atomic E-state index is -0.702. The molecule has 2 heterocycles. The van der Waals surface area contributed by atoms with E-state index >= 15 is 0 Å². The Morgan fingerprint density at radius 2 is 1.89 bits per heavy atom. The van der Waals surface area contributed by atoms with E-state index in [0.717, 1.165) is 26.2 Å². The lowest BCUT2D eigenvalue weighted by molar-refractivity contribution is -0.136. The van der Waals surface area contributed by atoms with Crippen LogP contribution >= 0.6 is 11.3 Å². The van der Waals surface area contributed by atoms with Gasteiger partial charge >= 0.3 is 11.8 Å². The molecule has 2 amide bonds. The number of methoxy groups -OCH3 is 1. The van der Waals surface area contributed by atoms with E-state index in [-0.39, 0.29) is 6.04 Å². The molecule has 8 heteroatoms. The lowest BCUT2D eigenvalue weighted by atomic mass is 10.1. The molecule has 2 aromatic rings. The van der Waals surface area contributed by atoms with Crippen LogP contribution in [0.3, 0.4) is 0 Å². The molecule has 1 aliphatic heterocycles. The Hall–Kier alpha value is -2.42. The molecule has 0 bridgehead atoms. The van der Waals surface area contributed by atoms with Gasteiger partial charge in [0.15, 0.2) is 0 Å². The van der Waals surface area contributed by atoms with Crippen LogP contribution in [0, 0.1) is 0 Å². The number of piperazine rings is 1. The van der Waals surface area contributed by atoms with Crippen molar-refractivity contribution >= 4 is 28.8 Å². The molecule has 1 saturated heterocycles.